The van der Waals surface area contributed by atoms with Gasteiger partial charge in [-0.2, -0.15) is 0 Å². The summed E-state index contributed by atoms with van der Waals surface area (Å²) in [5, 5.41) is 10.5. The minimum atomic E-state index is -0.122. The van der Waals surface area contributed by atoms with Gasteiger partial charge in [-0.15, -0.1) is 6.58 Å². The van der Waals surface area contributed by atoms with Crippen molar-refractivity contribution in [1.82, 2.24) is 0 Å². The summed E-state index contributed by atoms with van der Waals surface area (Å²) in [5.41, 5.74) is 2.35. The van der Waals surface area contributed by atoms with Crippen LogP contribution in [0.25, 0.3) is 0 Å². The Morgan fingerprint density at radius 3 is 2.52 bits per heavy atom. The number of aliphatic hydroxyl groups is 1. The van der Waals surface area contributed by atoms with E-state index >= 15 is 0 Å². The van der Waals surface area contributed by atoms with Gasteiger partial charge in [-0.1, -0.05) is 45.4 Å². The third kappa shape index (κ3) is 2.15. The molecule has 0 heterocycles. The molecule has 2 saturated carbocycles. The number of rotatable bonds is 1. The van der Waals surface area contributed by atoms with E-state index in [1.807, 2.05) is 0 Å². The van der Waals surface area contributed by atoms with Crippen molar-refractivity contribution in [3.05, 3.63) is 24.3 Å². The van der Waals surface area contributed by atoms with E-state index < -0.39 is 0 Å². The van der Waals surface area contributed by atoms with E-state index in [1.54, 1.807) is 5.57 Å². The van der Waals surface area contributed by atoms with Crippen LogP contribution in [0.1, 0.15) is 66.2 Å². The lowest BCUT2D eigenvalue weighted by Gasteiger charge is -2.60. The zero-order valence-electron chi connectivity index (χ0n) is 14.3. The quantitative estimate of drug-likeness (QED) is 0.665. The Morgan fingerprint density at radius 1 is 1.14 bits per heavy atom. The molecular weight excluding hydrogens is 256 g/mol. The first kappa shape index (κ1) is 15.3. The van der Waals surface area contributed by atoms with Gasteiger partial charge in [0.15, 0.2) is 0 Å². The van der Waals surface area contributed by atoms with E-state index in [4.69, 9.17) is 0 Å². The molecule has 0 bridgehead atoms. The average molecular weight is 288 g/mol. The van der Waals surface area contributed by atoms with Gasteiger partial charge in [0, 0.05) is 5.41 Å². The predicted octanol–water partition coefficient (Wildman–Crippen LogP) is 5.11. The highest BCUT2D eigenvalue weighted by Gasteiger charge is 2.56. The lowest BCUT2D eigenvalue weighted by Crippen LogP contribution is -2.55. The van der Waals surface area contributed by atoms with Gasteiger partial charge in [-0.05, 0) is 61.2 Å². The third-order valence-electron chi connectivity index (χ3n) is 7.43. The van der Waals surface area contributed by atoms with Gasteiger partial charge < -0.3 is 5.11 Å². The standard InChI is InChI=1S/C20H32O/c1-6-19(4)11-9-15-14(13-19)7-8-16-18(2,3)17(21)10-12-20(15,16)5/h6,13,15-17,21H,1,7-12H2,2-5H3. The average Bonchev–Trinajstić information content (AvgIpc) is 2.43. The molecule has 1 nitrogen and oxygen atoms in total. The smallest absolute Gasteiger partial charge is 0.0594 e. The fraction of sp³-hybridized carbons (Fsp3) is 0.800. The van der Waals surface area contributed by atoms with Crippen molar-refractivity contribution >= 4 is 0 Å². The molecule has 0 amide bonds. The molecule has 0 aromatic rings. The Balaban J connectivity index is 1.97. The highest BCUT2D eigenvalue weighted by molar-refractivity contribution is 5.26. The molecule has 0 aromatic heterocycles. The molecule has 0 spiro atoms. The monoisotopic (exact) mass is 288 g/mol. The first-order valence-corrected chi connectivity index (χ1v) is 8.76. The maximum Gasteiger partial charge on any atom is 0.0594 e. The van der Waals surface area contributed by atoms with Crippen LogP contribution in [0, 0.1) is 28.1 Å². The van der Waals surface area contributed by atoms with Crippen LogP contribution in [-0.4, -0.2) is 11.2 Å². The molecule has 118 valence electrons. The van der Waals surface area contributed by atoms with Gasteiger partial charge in [0.2, 0.25) is 0 Å². The van der Waals surface area contributed by atoms with Crippen LogP contribution in [0.4, 0.5) is 0 Å². The van der Waals surface area contributed by atoms with Crippen LogP contribution < -0.4 is 0 Å². The molecule has 21 heavy (non-hydrogen) atoms. The zero-order valence-corrected chi connectivity index (χ0v) is 14.3. The summed E-state index contributed by atoms with van der Waals surface area (Å²) in [5.74, 6) is 1.39. The second kappa shape index (κ2) is 4.72. The molecule has 0 saturated heterocycles. The predicted molar refractivity (Wildman–Crippen MR) is 89.0 cm³/mol. The van der Waals surface area contributed by atoms with E-state index in [2.05, 4.69) is 46.4 Å². The summed E-state index contributed by atoms with van der Waals surface area (Å²) >= 11 is 0. The van der Waals surface area contributed by atoms with Crippen LogP contribution in [0.2, 0.25) is 0 Å². The van der Waals surface area contributed by atoms with Gasteiger partial charge in [-0.25, -0.2) is 0 Å². The second-order valence-electron chi connectivity index (χ2n) is 8.99. The van der Waals surface area contributed by atoms with Crippen LogP contribution in [0.15, 0.2) is 24.3 Å². The summed E-state index contributed by atoms with van der Waals surface area (Å²) in [7, 11) is 0. The van der Waals surface area contributed by atoms with Crippen LogP contribution in [-0.2, 0) is 0 Å². The molecule has 3 rings (SSSR count). The normalized spacial score (nSPS) is 48.8. The number of fused-ring (bicyclic) bond motifs is 3. The summed E-state index contributed by atoms with van der Waals surface area (Å²) in [4.78, 5) is 0. The van der Waals surface area contributed by atoms with Gasteiger partial charge in [0.25, 0.3) is 0 Å². The largest absolute Gasteiger partial charge is 0.393 e. The van der Waals surface area contributed by atoms with E-state index in [9.17, 15) is 5.11 Å². The van der Waals surface area contributed by atoms with Crippen molar-refractivity contribution in [2.45, 2.75) is 72.3 Å². The lowest BCUT2D eigenvalue weighted by atomic mass is 9.45. The Labute approximate surface area is 130 Å². The number of aliphatic hydroxyl groups excluding tert-OH is 1. The number of allylic oxidation sites excluding steroid dienone is 3. The Bertz CT molecular complexity index is 474. The van der Waals surface area contributed by atoms with E-state index in [1.165, 1.54) is 32.1 Å². The van der Waals surface area contributed by atoms with Crippen molar-refractivity contribution in [1.29, 1.82) is 0 Å². The summed E-state index contributed by atoms with van der Waals surface area (Å²) in [6.45, 7) is 13.5. The van der Waals surface area contributed by atoms with Crippen molar-refractivity contribution < 1.29 is 5.11 Å². The molecular formula is C20H32O. The SMILES string of the molecule is C=CC1(C)C=C2CCC3C(C)(C)C(O)CCC3(C)C2CC1. The van der Waals surface area contributed by atoms with E-state index in [0.717, 1.165) is 12.3 Å². The Morgan fingerprint density at radius 2 is 1.86 bits per heavy atom. The second-order valence-corrected chi connectivity index (χ2v) is 8.99. The number of hydrogen-bond donors (Lipinski definition) is 1. The fourth-order valence-corrected chi connectivity index (χ4v) is 5.90. The van der Waals surface area contributed by atoms with E-state index in [0.29, 0.717) is 11.3 Å². The highest BCUT2D eigenvalue weighted by Crippen LogP contribution is 2.63. The minimum absolute atomic E-state index is 0.0672. The first-order valence-electron chi connectivity index (χ1n) is 8.76. The van der Waals surface area contributed by atoms with Crippen molar-refractivity contribution in [3.8, 4) is 0 Å². The lowest BCUT2D eigenvalue weighted by molar-refractivity contribution is -0.127. The molecule has 0 aromatic carbocycles. The number of hydrogen-bond acceptors (Lipinski definition) is 1. The van der Waals surface area contributed by atoms with Gasteiger partial charge in [0.1, 0.15) is 0 Å². The Kier molecular flexibility index (Phi) is 3.44. The molecule has 5 atom stereocenters. The molecule has 2 fully saturated rings. The van der Waals surface area contributed by atoms with Gasteiger partial charge in [-0.3, -0.25) is 0 Å². The molecule has 0 radical (unpaired) electrons. The van der Waals surface area contributed by atoms with Crippen molar-refractivity contribution in [3.63, 3.8) is 0 Å². The first-order chi connectivity index (χ1) is 9.73. The molecule has 0 aliphatic heterocycles. The molecule has 1 heteroatoms. The third-order valence-corrected chi connectivity index (χ3v) is 7.43. The highest BCUT2D eigenvalue weighted by atomic mass is 16.3. The zero-order chi connectivity index (χ0) is 15.5. The topological polar surface area (TPSA) is 20.2 Å². The van der Waals surface area contributed by atoms with Crippen LogP contribution in [0.5, 0.6) is 0 Å². The molecule has 5 unspecified atom stereocenters. The van der Waals surface area contributed by atoms with Gasteiger partial charge >= 0.3 is 0 Å². The fourth-order valence-electron chi connectivity index (χ4n) is 5.90. The summed E-state index contributed by atoms with van der Waals surface area (Å²) in [6.07, 6.45) is 11.7. The van der Waals surface area contributed by atoms with E-state index in [-0.39, 0.29) is 16.9 Å². The maximum absolute atomic E-state index is 10.5. The Hall–Kier alpha value is -0.560. The van der Waals surface area contributed by atoms with Crippen LogP contribution in [0.3, 0.4) is 0 Å². The molecule has 3 aliphatic rings. The summed E-state index contributed by atoms with van der Waals surface area (Å²) < 4.78 is 0. The molecule has 3 aliphatic carbocycles. The maximum atomic E-state index is 10.5. The van der Waals surface area contributed by atoms with Crippen molar-refractivity contribution in [2.75, 3.05) is 0 Å². The minimum Gasteiger partial charge on any atom is -0.393 e. The van der Waals surface area contributed by atoms with Gasteiger partial charge in [0.05, 0.1) is 6.10 Å². The van der Waals surface area contributed by atoms with Crippen molar-refractivity contribution in [2.24, 2.45) is 28.1 Å². The molecule has 1 N–H and O–H groups in total. The van der Waals surface area contributed by atoms with Crippen LogP contribution >= 0.6 is 0 Å². The summed E-state index contributed by atoms with van der Waals surface area (Å²) in [6, 6.07) is 0.